The summed E-state index contributed by atoms with van der Waals surface area (Å²) in [6, 6.07) is 6.68. The molecular weight excluding hydrogens is 253 g/mol. The van der Waals surface area contributed by atoms with E-state index < -0.39 is 10.1 Å². The van der Waals surface area contributed by atoms with Crippen LogP contribution in [0, 0.1) is 0 Å². The van der Waals surface area contributed by atoms with E-state index in [0.29, 0.717) is 10.8 Å². The molecule has 0 fully saturated rings. The predicted molar refractivity (Wildman–Crippen MR) is 58.0 cm³/mol. The molecule has 17 heavy (non-hydrogen) atoms. The van der Waals surface area contributed by atoms with E-state index in [0.717, 1.165) is 6.07 Å². The normalized spacial score (nSPS) is 11.1. The summed E-state index contributed by atoms with van der Waals surface area (Å²) >= 11 is 0. The molecule has 2 aromatic rings. The van der Waals surface area contributed by atoms with Gasteiger partial charge in [-0.1, -0.05) is 6.07 Å². The molecule has 0 radical (unpaired) electrons. The van der Waals surface area contributed by atoms with Crippen molar-refractivity contribution in [2.75, 3.05) is 5.73 Å². The van der Waals surface area contributed by atoms with Gasteiger partial charge < -0.3 is 15.4 Å². The first kappa shape index (κ1) is 14.3. The van der Waals surface area contributed by atoms with Crippen LogP contribution in [0.4, 0.5) is 5.69 Å². The maximum atomic E-state index is 10.8. The smallest absolute Gasteiger partial charge is 0.744 e. The second-order valence-corrected chi connectivity index (χ2v) is 4.72. The molecule has 0 amide bonds. The van der Waals surface area contributed by atoms with Crippen molar-refractivity contribution >= 4 is 26.6 Å². The standard InChI is InChI=1S/C10H9NO4S.Na/c11-9-4-1-6-5-7(16(13,14)15)2-3-8(6)10(9)12;/h1-5,12H,11H2,(H,13,14,15);/q;+1/p-1. The van der Waals surface area contributed by atoms with Gasteiger partial charge in [-0.3, -0.25) is 0 Å². The van der Waals surface area contributed by atoms with Crippen molar-refractivity contribution in [3.63, 3.8) is 0 Å². The second kappa shape index (κ2) is 4.83. The average Bonchev–Trinajstić information content (AvgIpc) is 2.22. The number of benzene rings is 2. The summed E-state index contributed by atoms with van der Waals surface area (Å²) < 4.78 is 32.4. The third-order valence-electron chi connectivity index (χ3n) is 2.28. The van der Waals surface area contributed by atoms with Crippen LogP contribution < -0.4 is 35.3 Å². The molecule has 3 N–H and O–H groups in total. The number of hydrogen-bond donors (Lipinski definition) is 2. The first-order valence-corrected chi connectivity index (χ1v) is 5.77. The Morgan fingerprint density at radius 3 is 2.41 bits per heavy atom. The Morgan fingerprint density at radius 2 is 1.82 bits per heavy atom. The third kappa shape index (κ3) is 2.72. The minimum absolute atomic E-state index is 0. The maximum absolute atomic E-state index is 10.8. The van der Waals surface area contributed by atoms with Gasteiger partial charge in [-0.2, -0.15) is 0 Å². The summed E-state index contributed by atoms with van der Waals surface area (Å²) in [6.07, 6.45) is 0. The molecular formula is C10H8NNaO4S. The molecule has 0 heterocycles. The summed E-state index contributed by atoms with van der Waals surface area (Å²) in [6.45, 7) is 0. The fraction of sp³-hybridized carbons (Fsp3) is 0. The Bertz CT molecular complexity index is 669. The van der Waals surface area contributed by atoms with Crippen molar-refractivity contribution in [1.29, 1.82) is 0 Å². The number of fused-ring (bicyclic) bond motifs is 1. The number of phenols is 1. The van der Waals surface area contributed by atoms with Crippen molar-refractivity contribution in [3.05, 3.63) is 30.3 Å². The molecule has 0 aliphatic heterocycles. The number of aromatic hydroxyl groups is 1. The van der Waals surface area contributed by atoms with Crippen LogP contribution in [0.25, 0.3) is 10.8 Å². The Hall–Kier alpha value is -0.790. The van der Waals surface area contributed by atoms with Crippen LogP contribution in [0.2, 0.25) is 0 Å². The molecule has 2 aromatic carbocycles. The van der Waals surface area contributed by atoms with Crippen LogP contribution in [0.15, 0.2) is 35.2 Å². The van der Waals surface area contributed by atoms with Crippen LogP contribution in [-0.4, -0.2) is 18.1 Å². The summed E-state index contributed by atoms with van der Waals surface area (Å²) in [5.41, 5.74) is 5.68. The molecule has 0 saturated heterocycles. The Morgan fingerprint density at radius 1 is 1.18 bits per heavy atom. The fourth-order valence-corrected chi connectivity index (χ4v) is 1.97. The maximum Gasteiger partial charge on any atom is 1.00 e. The molecule has 0 aliphatic rings. The van der Waals surface area contributed by atoms with E-state index in [-0.39, 0.29) is 45.9 Å². The zero-order valence-electron chi connectivity index (χ0n) is 9.04. The van der Waals surface area contributed by atoms with Crippen molar-refractivity contribution in [2.45, 2.75) is 4.90 Å². The first-order chi connectivity index (χ1) is 7.39. The van der Waals surface area contributed by atoms with Gasteiger partial charge in [0.25, 0.3) is 0 Å². The number of rotatable bonds is 1. The summed E-state index contributed by atoms with van der Waals surface area (Å²) in [5, 5.41) is 10.5. The van der Waals surface area contributed by atoms with Gasteiger partial charge in [0, 0.05) is 5.39 Å². The van der Waals surface area contributed by atoms with E-state index in [4.69, 9.17) is 5.73 Å². The van der Waals surface area contributed by atoms with Crippen molar-refractivity contribution in [3.8, 4) is 5.75 Å². The van der Waals surface area contributed by atoms with Crippen LogP contribution in [0.5, 0.6) is 5.75 Å². The molecule has 84 valence electrons. The number of hydrogen-bond acceptors (Lipinski definition) is 5. The van der Waals surface area contributed by atoms with Crippen molar-refractivity contribution < 1.29 is 47.6 Å². The topological polar surface area (TPSA) is 103 Å². The van der Waals surface area contributed by atoms with Gasteiger partial charge in [-0.15, -0.1) is 0 Å². The quantitative estimate of drug-likeness (QED) is 0.268. The van der Waals surface area contributed by atoms with Gasteiger partial charge >= 0.3 is 29.6 Å². The molecule has 0 aliphatic carbocycles. The van der Waals surface area contributed by atoms with Crippen LogP contribution in [0.1, 0.15) is 0 Å². The number of phenolic OH excluding ortho intramolecular Hbond substituents is 1. The third-order valence-corrected chi connectivity index (χ3v) is 3.11. The molecule has 0 atom stereocenters. The fourth-order valence-electron chi connectivity index (χ4n) is 1.46. The number of nitrogens with two attached hydrogens (primary N) is 1. The molecule has 2 rings (SSSR count). The summed E-state index contributed by atoms with van der Waals surface area (Å²) in [5.74, 6) is -0.118. The van der Waals surface area contributed by atoms with Crippen molar-refractivity contribution in [1.82, 2.24) is 0 Å². The van der Waals surface area contributed by atoms with Gasteiger partial charge in [0.15, 0.2) is 0 Å². The van der Waals surface area contributed by atoms with E-state index in [1.54, 1.807) is 6.07 Å². The van der Waals surface area contributed by atoms with Gasteiger partial charge in [0.05, 0.1) is 10.6 Å². The molecule has 7 heteroatoms. The zero-order valence-corrected chi connectivity index (χ0v) is 11.9. The van der Waals surface area contributed by atoms with E-state index in [2.05, 4.69) is 0 Å². The van der Waals surface area contributed by atoms with Gasteiger partial charge in [-0.25, -0.2) is 8.42 Å². The Labute approximate surface area is 120 Å². The molecule has 0 saturated carbocycles. The van der Waals surface area contributed by atoms with E-state index in [1.807, 2.05) is 0 Å². The molecule has 0 unspecified atom stereocenters. The minimum atomic E-state index is -4.48. The van der Waals surface area contributed by atoms with Gasteiger partial charge in [0.1, 0.15) is 15.9 Å². The number of anilines is 1. The minimum Gasteiger partial charge on any atom is -0.744 e. The average molecular weight is 261 g/mol. The Balaban J connectivity index is 0.00000144. The first-order valence-electron chi connectivity index (χ1n) is 4.37. The van der Waals surface area contributed by atoms with Gasteiger partial charge in [-0.05, 0) is 29.7 Å². The van der Waals surface area contributed by atoms with Crippen LogP contribution in [0.3, 0.4) is 0 Å². The molecule has 0 bridgehead atoms. The van der Waals surface area contributed by atoms with Crippen LogP contribution in [-0.2, 0) is 10.1 Å². The summed E-state index contributed by atoms with van der Waals surface area (Å²) in [4.78, 5) is -0.329. The summed E-state index contributed by atoms with van der Waals surface area (Å²) in [7, 11) is -4.48. The number of nitrogen functional groups attached to an aromatic ring is 1. The largest absolute Gasteiger partial charge is 1.00 e. The SMILES string of the molecule is Nc1ccc2cc(S(=O)(=O)[O-])ccc2c1O.[Na+]. The predicted octanol–water partition coefficient (Wildman–Crippen LogP) is -1.96. The Kier molecular flexibility index (Phi) is 4.06. The van der Waals surface area contributed by atoms with E-state index in [9.17, 15) is 18.1 Å². The zero-order chi connectivity index (χ0) is 11.9. The van der Waals surface area contributed by atoms with E-state index in [1.165, 1.54) is 18.2 Å². The molecule has 0 aromatic heterocycles. The van der Waals surface area contributed by atoms with Gasteiger partial charge in [0.2, 0.25) is 0 Å². The van der Waals surface area contributed by atoms with Crippen molar-refractivity contribution in [2.24, 2.45) is 0 Å². The molecule has 0 spiro atoms. The monoisotopic (exact) mass is 261 g/mol. The molecule has 5 nitrogen and oxygen atoms in total. The van der Waals surface area contributed by atoms with E-state index >= 15 is 0 Å². The van der Waals surface area contributed by atoms with Crippen LogP contribution >= 0.6 is 0 Å². The second-order valence-electron chi connectivity index (χ2n) is 3.34.